The summed E-state index contributed by atoms with van der Waals surface area (Å²) in [6.45, 7) is 4.63. The van der Waals surface area contributed by atoms with E-state index >= 15 is 0 Å². The van der Waals surface area contributed by atoms with Gasteiger partial charge in [-0.05, 0) is 45.3 Å². The molecule has 0 aliphatic heterocycles. The lowest BCUT2D eigenvalue weighted by molar-refractivity contribution is -0.134. The summed E-state index contributed by atoms with van der Waals surface area (Å²) < 4.78 is 0. The summed E-state index contributed by atoms with van der Waals surface area (Å²) in [5, 5.41) is 0. The molecule has 1 aromatic carbocycles. The molecule has 3 nitrogen and oxygen atoms in total. The van der Waals surface area contributed by atoms with Crippen molar-refractivity contribution in [1.82, 2.24) is 9.80 Å². The number of hydrogen-bond donors (Lipinski definition) is 0. The average Bonchev–Trinajstić information content (AvgIpc) is 2.57. The molecule has 1 fully saturated rings. The average molecular weight is 316 g/mol. The standard InChI is InChI=1S/C20H32N2O/c1-4-22(16-15-21(2)3)20(23)19(17-11-7-5-8-12-17)18-13-9-6-10-14-18/h5,7-8,11-12,18-19H,4,6,9-10,13-16H2,1-3H3. The van der Waals surface area contributed by atoms with Gasteiger partial charge in [0.2, 0.25) is 5.91 Å². The van der Waals surface area contributed by atoms with Gasteiger partial charge in [-0.2, -0.15) is 0 Å². The van der Waals surface area contributed by atoms with Crippen molar-refractivity contribution in [2.75, 3.05) is 33.7 Å². The Balaban J connectivity index is 2.19. The molecule has 128 valence electrons. The van der Waals surface area contributed by atoms with Crippen LogP contribution in [0.25, 0.3) is 0 Å². The molecule has 2 rings (SSSR count). The minimum atomic E-state index is 0.0404. The van der Waals surface area contributed by atoms with Crippen molar-refractivity contribution in [2.24, 2.45) is 5.92 Å². The highest BCUT2D eigenvalue weighted by Crippen LogP contribution is 2.37. The number of carbonyl (C=O) groups is 1. The van der Waals surface area contributed by atoms with Gasteiger partial charge in [-0.25, -0.2) is 0 Å². The number of likely N-dealkylation sites (N-methyl/N-ethyl adjacent to an activating group) is 2. The molecular formula is C20H32N2O. The van der Waals surface area contributed by atoms with E-state index in [4.69, 9.17) is 0 Å². The van der Waals surface area contributed by atoms with Gasteiger partial charge < -0.3 is 9.80 Å². The first-order valence-electron chi connectivity index (χ1n) is 9.12. The van der Waals surface area contributed by atoms with Crippen LogP contribution in [0.2, 0.25) is 0 Å². The Morgan fingerprint density at radius 3 is 2.30 bits per heavy atom. The highest BCUT2D eigenvalue weighted by molar-refractivity contribution is 5.84. The Bertz CT molecular complexity index is 466. The Morgan fingerprint density at radius 2 is 1.74 bits per heavy atom. The van der Waals surface area contributed by atoms with E-state index in [1.807, 2.05) is 11.0 Å². The number of amides is 1. The number of nitrogens with zero attached hydrogens (tertiary/aromatic N) is 2. The van der Waals surface area contributed by atoms with Crippen molar-refractivity contribution in [1.29, 1.82) is 0 Å². The van der Waals surface area contributed by atoms with Gasteiger partial charge in [0.1, 0.15) is 0 Å². The van der Waals surface area contributed by atoms with Gasteiger partial charge >= 0.3 is 0 Å². The van der Waals surface area contributed by atoms with E-state index in [1.165, 1.54) is 37.7 Å². The van der Waals surface area contributed by atoms with Crippen molar-refractivity contribution in [3.63, 3.8) is 0 Å². The topological polar surface area (TPSA) is 23.6 Å². The summed E-state index contributed by atoms with van der Waals surface area (Å²) in [4.78, 5) is 17.5. The third kappa shape index (κ3) is 5.07. The first-order chi connectivity index (χ1) is 11.1. The van der Waals surface area contributed by atoms with Gasteiger partial charge in [0.15, 0.2) is 0 Å². The fourth-order valence-electron chi connectivity index (χ4n) is 3.69. The van der Waals surface area contributed by atoms with Crippen molar-refractivity contribution in [2.45, 2.75) is 44.9 Å². The van der Waals surface area contributed by atoms with Crippen LogP contribution in [-0.2, 0) is 4.79 Å². The lowest BCUT2D eigenvalue weighted by atomic mass is 9.76. The minimum Gasteiger partial charge on any atom is -0.341 e. The predicted molar refractivity (Wildman–Crippen MR) is 96.6 cm³/mol. The summed E-state index contributed by atoms with van der Waals surface area (Å²) in [5.74, 6) is 0.873. The molecule has 0 N–H and O–H groups in total. The SMILES string of the molecule is CCN(CCN(C)C)C(=O)C(c1ccccc1)C1CCCCC1. The molecule has 0 spiro atoms. The molecule has 1 atom stereocenters. The number of carbonyl (C=O) groups excluding carboxylic acids is 1. The van der Waals surface area contributed by atoms with Crippen LogP contribution in [-0.4, -0.2) is 49.4 Å². The molecule has 1 unspecified atom stereocenters. The van der Waals surface area contributed by atoms with E-state index in [9.17, 15) is 4.79 Å². The first-order valence-corrected chi connectivity index (χ1v) is 9.12. The molecule has 0 heterocycles. The fourth-order valence-corrected chi connectivity index (χ4v) is 3.69. The smallest absolute Gasteiger partial charge is 0.230 e. The van der Waals surface area contributed by atoms with E-state index in [1.54, 1.807) is 0 Å². The summed E-state index contributed by atoms with van der Waals surface area (Å²) in [5.41, 5.74) is 1.20. The van der Waals surface area contributed by atoms with Gasteiger partial charge in [-0.3, -0.25) is 4.79 Å². The molecule has 1 amide bonds. The number of hydrogen-bond acceptors (Lipinski definition) is 2. The zero-order chi connectivity index (χ0) is 16.7. The van der Waals surface area contributed by atoms with Gasteiger partial charge in [0.25, 0.3) is 0 Å². The van der Waals surface area contributed by atoms with Gasteiger partial charge in [-0.15, -0.1) is 0 Å². The highest BCUT2D eigenvalue weighted by atomic mass is 16.2. The molecule has 1 saturated carbocycles. The first kappa shape index (κ1) is 18.0. The minimum absolute atomic E-state index is 0.0404. The quantitative estimate of drug-likeness (QED) is 0.764. The molecule has 0 radical (unpaired) electrons. The van der Waals surface area contributed by atoms with Crippen LogP contribution in [0.5, 0.6) is 0 Å². The lowest BCUT2D eigenvalue weighted by Gasteiger charge is -2.34. The normalized spacial score (nSPS) is 17.2. The molecule has 23 heavy (non-hydrogen) atoms. The van der Waals surface area contributed by atoms with Crippen LogP contribution in [0, 0.1) is 5.92 Å². The van der Waals surface area contributed by atoms with Gasteiger partial charge in [0.05, 0.1) is 5.92 Å². The van der Waals surface area contributed by atoms with Crippen LogP contribution in [0.3, 0.4) is 0 Å². The molecule has 1 aliphatic rings. The maximum Gasteiger partial charge on any atom is 0.230 e. The molecule has 1 aliphatic carbocycles. The molecule has 0 bridgehead atoms. The number of benzene rings is 1. The fraction of sp³-hybridized carbons (Fsp3) is 0.650. The molecule has 0 aromatic heterocycles. The summed E-state index contributed by atoms with van der Waals surface area (Å²) in [6, 6.07) is 10.4. The Labute approximate surface area is 141 Å². The Kier molecular flexibility index (Phi) is 7.10. The van der Waals surface area contributed by atoms with Gasteiger partial charge in [-0.1, -0.05) is 49.6 Å². The summed E-state index contributed by atoms with van der Waals surface area (Å²) >= 11 is 0. The third-order valence-corrected chi connectivity index (χ3v) is 5.06. The second-order valence-electron chi connectivity index (χ2n) is 7.01. The van der Waals surface area contributed by atoms with E-state index < -0.39 is 0 Å². The van der Waals surface area contributed by atoms with Crippen LogP contribution in [0.15, 0.2) is 30.3 Å². The Morgan fingerprint density at radius 1 is 1.09 bits per heavy atom. The monoisotopic (exact) mass is 316 g/mol. The van der Waals surface area contributed by atoms with Crippen molar-refractivity contribution in [3.8, 4) is 0 Å². The van der Waals surface area contributed by atoms with Crippen LogP contribution in [0.1, 0.15) is 50.5 Å². The van der Waals surface area contributed by atoms with E-state index in [2.05, 4.69) is 50.2 Å². The summed E-state index contributed by atoms with van der Waals surface area (Å²) in [6.07, 6.45) is 6.24. The number of rotatable bonds is 7. The molecule has 0 saturated heterocycles. The zero-order valence-corrected chi connectivity index (χ0v) is 15.0. The zero-order valence-electron chi connectivity index (χ0n) is 15.0. The molecule has 1 aromatic rings. The maximum atomic E-state index is 13.3. The Hall–Kier alpha value is -1.35. The largest absolute Gasteiger partial charge is 0.341 e. The van der Waals surface area contributed by atoms with E-state index in [-0.39, 0.29) is 5.92 Å². The highest BCUT2D eigenvalue weighted by Gasteiger charge is 2.33. The van der Waals surface area contributed by atoms with Crippen molar-refractivity contribution < 1.29 is 4.79 Å². The second kappa shape index (κ2) is 9.07. The van der Waals surface area contributed by atoms with Crippen molar-refractivity contribution >= 4 is 5.91 Å². The van der Waals surface area contributed by atoms with E-state index in [0.29, 0.717) is 11.8 Å². The second-order valence-corrected chi connectivity index (χ2v) is 7.01. The van der Waals surface area contributed by atoms with Crippen LogP contribution < -0.4 is 0 Å². The third-order valence-electron chi connectivity index (χ3n) is 5.06. The summed E-state index contributed by atoms with van der Waals surface area (Å²) in [7, 11) is 4.13. The molecule has 3 heteroatoms. The lowest BCUT2D eigenvalue weighted by Crippen LogP contribution is -2.41. The molecular weight excluding hydrogens is 284 g/mol. The maximum absolute atomic E-state index is 13.3. The van der Waals surface area contributed by atoms with Crippen LogP contribution in [0.4, 0.5) is 0 Å². The van der Waals surface area contributed by atoms with E-state index in [0.717, 1.165) is 19.6 Å². The van der Waals surface area contributed by atoms with Crippen LogP contribution >= 0.6 is 0 Å². The van der Waals surface area contributed by atoms with Gasteiger partial charge in [0, 0.05) is 19.6 Å². The van der Waals surface area contributed by atoms with Crippen molar-refractivity contribution in [3.05, 3.63) is 35.9 Å². The predicted octanol–water partition coefficient (Wildman–Crippen LogP) is 3.76.